The predicted octanol–water partition coefficient (Wildman–Crippen LogP) is 5.27. The third-order valence-electron chi connectivity index (χ3n) is 4.54. The Morgan fingerprint density at radius 1 is 1.19 bits per heavy atom. The number of carbonyl (C=O) groups is 1. The van der Waals surface area contributed by atoms with Gasteiger partial charge in [0.1, 0.15) is 23.0 Å². The average Bonchev–Trinajstić information content (AvgIpc) is 3.28. The van der Waals surface area contributed by atoms with Crippen molar-refractivity contribution in [2.75, 3.05) is 19.1 Å². The third-order valence-corrected chi connectivity index (χ3v) is 4.54. The molecule has 32 heavy (non-hydrogen) atoms. The van der Waals surface area contributed by atoms with Crippen LogP contribution in [0, 0.1) is 10.1 Å². The Hall–Kier alpha value is -4.14. The van der Waals surface area contributed by atoms with Crippen LogP contribution in [-0.4, -0.2) is 30.8 Å². The van der Waals surface area contributed by atoms with E-state index in [2.05, 4.69) is 10.5 Å². The van der Waals surface area contributed by atoms with Crippen molar-refractivity contribution in [3.63, 3.8) is 0 Å². The fourth-order valence-electron chi connectivity index (χ4n) is 2.79. The summed E-state index contributed by atoms with van der Waals surface area (Å²) in [5, 5.41) is 15.2. The summed E-state index contributed by atoms with van der Waals surface area (Å²) >= 11 is 0. The highest BCUT2D eigenvalue weighted by Gasteiger charge is 2.14. The molecule has 3 aromatic rings. The van der Waals surface area contributed by atoms with Gasteiger partial charge in [0.15, 0.2) is 0 Å². The van der Waals surface area contributed by atoms with E-state index in [-0.39, 0.29) is 17.3 Å². The van der Waals surface area contributed by atoms with E-state index >= 15 is 0 Å². The molecule has 0 aliphatic rings. The highest BCUT2D eigenvalue weighted by atomic mass is 16.6. The molecule has 0 saturated heterocycles. The molecule has 0 amide bonds. The van der Waals surface area contributed by atoms with Crippen molar-refractivity contribution in [1.82, 2.24) is 0 Å². The molecule has 1 aromatic heterocycles. The summed E-state index contributed by atoms with van der Waals surface area (Å²) in [7, 11) is 1.44. The minimum Gasteiger partial charge on any atom is -0.496 e. The zero-order valence-corrected chi connectivity index (χ0v) is 17.7. The number of nitro benzene ring substituents is 1. The van der Waals surface area contributed by atoms with Gasteiger partial charge in [-0.05, 0) is 42.8 Å². The number of nitrogens with one attached hydrogen (secondary N) is 1. The maximum atomic E-state index is 12.0. The van der Waals surface area contributed by atoms with Gasteiger partial charge in [0.25, 0.3) is 5.69 Å². The second kappa shape index (κ2) is 10.8. The van der Waals surface area contributed by atoms with Gasteiger partial charge < -0.3 is 13.9 Å². The van der Waals surface area contributed by atoms with Crippen molar-refractivity contribution in [3.05, 3.63) is 76.0 Å². The maximum absolute atomic E-state index is 12.0. The van der Waals surface area contributed by atoms with E-state index in [4.69, 9.17) is 13.9 Å². The second-order valence-corrected chi connectivity index (χ2v) is 6.78. The van der Waals surface area contributed by atoms with Crippen LogP contribution in [0.15, 0.2) is 64.1 Å². The Morgan fingerprint density at radius 3 is 2.66 bits per heavy atom. The van der Waals surface area contributed by atoms with E-state index in [1.54, 1.807) is 42.5 Å². The molecule has 1 heterocycles. The highest BCUT2D eigenvalue weighted by molar-refractivity contribution is 5.90. The zero-order chi connectivity index (χ0) is 22.9. The van der Waals surface area contributed by atoms with Gasteiger partial charge in [-0.2, -0.15) is 5.10 Å². The van der Waals surface area contributed by atoms with Crippen molar-refractivity contribution in [2.24, 2.45) is 5.10 Å². The number of unbranched alkanes of at least 4 members (excludes halogenated alkanes) is 1. The van der Waals surface area contributed by atoms with Crippen molar-refractivity contribution in [3.8, 4) is 17.1 Å². The number of furan rings is 1. The minimum atomic E-state index is -0.519. The molecule has 9 heteroatoms. The molecule has 0 radical (unpaired) electrons. The van der Waals surface area contributed by atoms with E-state index in [0.29, 0.717) is 29.4 Å². The fourth-order valence-corrected chi connectivity index (χ4v) is 2.79. The smallest absolute Gasteiger partial charge is 0.338 e. The van der Waals surface area contributed by atoms with Crippen LogP contribution in [-0.2, 0) is 4.74 Å². The molecule has 0 aliphatic carbocycles. The van der Waals surface area contributed by atoms with Gasteiger partial charge in [0.05, 0.1) is 36.5 Å². The predicted molar refractivity (Wildman–Crippen MR) is 120 cm³/mol. The standard InChI is InChI=1S/C23H23N3O6/c1-3-4-13-31-23(27)17-7-5-16(6-8-17)22-12-10-19(32-22)15-24-25-20-11-9-18(30-2)14-21(20)26(28)29/h5-12,14-15,25H,3-4,13H2,1-2H3/b24-15+. The number of nitrogens with zero attached hydrogens (tertiary/aromatic N) is 2. The van der Waals surface area contributed by atoms with Crippen molar-refractivity contribution in [1.29, 1.82) is 0 Å². The molecule has 0 atom stereocenters. The SMILES string of the molecule is CCCCOC(=O)c1ccc(-c2ccc(/C=N/Nc3ccc(OC)cc3[N+](=O)[O-])o2)cc1. The van der Waals surface area contributed by atoms with Crippen molar-refractivity contribution >= 4 is 23.6 Å². The lowest BCUT2D eigenvalue weighted by atomic mass is 10.1. The number of rotatable bonds is 10. The quantitative estimate of drug-likeness (QED) is 0.151. The Bertz CT molecular complexity index is 1110. The molecule has 1 N–H and O–H groups in total. The Balaban J connectivity index is 1.64. The first kappa shape index (κ1) is 22.5. The monoisotopic (exact) mass is 437 g/mol. The summed E-state index contributed by atoms with van der Waals surface area (Å²) in [6.07, 6.45) is 3.21. The minimum absolute atomic E-state index is 0.157. The summed E-state index contributed by atoms with van der Waals surface area (Å²) < 4.78 is 16.0. The van der Waals surface area contributed by atoms with E-state index in [9.17, 15) is 14.9 Å². The summed E-state index contributed by atoms with van der Waals surface area (Å²) in [5.74, 6) is 1.07. The van der Waals surface area contributed by atoms with Crippen LogP contribution < -0.4 is 10.2 Å². The zero-order valence-electron chi connectivity index (χ0n) is 17.7. The molecular weight excluding hydrogens is 414 g/mol. The van der Waals surface area contributed by atoms with E-state index in [1.807, 2.05) is 6.92 Å². The molecule has 0 spiro atoms. The summed E-state index contributed by atoms with van der Waals surface area (Å²) in [6.45, 7) is 2.44. The molecule has 0 fully saturated rings. The van der Waals surface area contributed by atoms with Gasteiger partial charge >= 0.3 is 5.97 Å². The van der Waals surface area contributed by atoms with Crippen molar-refractivity contribution in [2.45, 2.75) is 19.8 Å². The van der Waals surface area contributed by atoms with Crippen LogP contribution in [0.1, 0.15) is 35.9 Å². The number of methoxy groups -OCH3 is 1. The maximum Gasteiger partial charge on any atom is 0.338 e. The molecule has 0 bridgehead atoms. The molecule has 0 unspecified atom stereocenters. The van der Waals surface area contributed by atoms with Crippen molar-refractivity contribution < 1.29 is 23.6 Å². The van der Waals surface area contributed by atoms with Crippen LogP contribution in [0.2, 0.25) is 0 Å². The van der Waals surface area contributed by atoms with Crippen LogP contribution in [0.5, 0.6) is 5.75 Å². The molecule has 2 aromatic carbocycles. The lowest BCUT2D eigenvalue weighted by Crippen LogP contribution is -2.05. The van der Waals surface area contributed by atoms with E-state index in [1.165, 1.54) is 25.5 Å². The lowest BCUT2D eigenvalue weighted by molar-refractivity contribution is -0.384. The number of nitro groups is 1. The van der Waals surface area contributed by atoms with Crippen LogP contribution >= 0.6 is 0 Å². The first-order valence-corrected chi connectivity index (χ1v) is 10.0. The Labute approximate surface area is 184 Å². The summed E-state index contributed by atoms with van der Waals surface area (Å²) in [5.41, 5.74) is 3.97. The van der Waals surface area contributed by atoms with Gasteiger partial charge in [-0.3, -0.25) is 15.5 Å². The lowest BCUT2D eigenvalue weighted by Gasteiger charge is -2.04. The summed E-state index contributed by atoms with van der Waals surface area (Å²) in [6, 6.07) is 14.8. The largest absolute Gasteiger partial charge is 0.496 e. The fraction of sp³-hybridized carbons (Fsp3) is 0.217. The van der Waals surface area contributed by atoms with Gasteiger partial charge in [0.2, 0.25) is 0 Å². The van der Waals surface area contributed by atoms with Crippen LogP contribution in [0.25, 0.3) is 11.3 Å². The van der Waals surface area contributed by atoms with Gasteiger partial charge in [-0.25, -0.2) is 4.79 Å². The highest BCUT2D eigenvalue weighted by Crippen LogP contribution is 2.29. The first-order chi connectivity index (χ1) is 15.5. The Morgan fingerprint density at radius 2 is 1.97 bits per heavy atom. The van der Waals surface area contributed by atoms with Gasteiger partial charge in [-0.15, -0.1) is 0 Å². The number of benzene rings is 2. The molecule has 0 aliphatic heterocycles. The van der Waals surface area contributed by atoms with Gasteiger partial charge in [0, 0.05) is 5.56 Å². The first-order valence-electron chi connectivity index (χ1n) is 10.0. The number of anilines is 1. The topological polar surface area (TPSA) is 116 Å². The number of esters is 1. The molecule has 3 rings (SSSR count). The van der Waals surface area contributed by atoms with E-state index < -0.39 is 4.92 Å². The van der Waals surface area contributed by atoms with E-state index in [0.717, 1.165) is 18.4 Å². The molecular formula is C23H23N3O6. The number of carbonyl (C=O) groups excluding carboxylic acids is 1. The second-order valence-electron chi connectivity index (χ2n) is 6.78. The molecule has 0 saturated carbocycles. The van der Waals surface area contributed by atoms with Crippen LogP contribution in [0.4, 0.5) is 11.4 Å². The Kier molecular flexibility index (Phi) is 7.58. The van der Waals surface area contributed by atoms with Gasteiger partial charge in [-0.1, -0.05) is 25.5 Å². The van der Waals surface area contributed by atoms with Crippen LogP contribution in [0.3, 0.4) is 0 Å². The average molecular weight is 437 g/mol. The molecule has 166 valence electrons. The third kappa shape index (κ3) is 5.72. The number of hydrogen-bond acceptors (Lipinski definition) is 8. The molecule has 9 nitrogen and oxygen atoms in total. The number of ether oxygens (including phenoxy) is 2. The normalized spacial score (nSPS) is 10.8. The number of hydrogen-bond donors (Lipinski definition) is 1. The summed E-state index contributed by atoms with van der Waals surface area (Å²) in [4.78, 5) is 22.7. The number of hydrazone groups is 1.